The maximum atomic E-state index is 4.40. The average molecular weight is 239 g/mol. The number of anilines is 1. The lowest BCUT2D eigenvalue weighted by molar-refractivity contribution is 0.631. The SMILES string of the molecule is CC1C(c2ccccc2)CCN1c1cnccn1. The van der Waals surface area contributed by atoms with Gasteiger partial charge in [-0.3, -0.25) is 4.98 Å². The molecule has 1 aromatic carbocycles. The van der Waals surface area contributed by atoms with Crippen LogP contribution >= 0.6 is 0 Å². The molecule has 92 valence electrons. The van der Waals surface area contributed by atoms with Gasteiger partial charge in [-0.25, -0.2) is 4.98 Å². The van der Waals surface area contributed by atoms with Crippen molar-refractivity contribution >= 4 is 5.82 Å². The summed E-state index contributed by atoms with van der Waals surface area (Å²) in [6.45, 7) is 3.33. The summed E-state index contributed by atoms with van der Waals surface area (Å²) >= 11 is 0. The first-order valence-electron chi connectivity index (χ1n) is 6.44. The van der Waals surface area contributed by atoms with E-state index in [0.717, 1.165) is 12.4 Å². The van der Waals surface area contributed by atoms with Crippen LogP contribution in [0.3, 0.4) is 0 Å². The first kappa shape index (κ1) is 11.2. The van der Waals surface area contributed by atoms with Gasteiger partial charge in [0.05, 0.1) is 6.20 Å². The van der Waals surface area contributed by atoms with E-state index in [4.69, 9.17) is 0 Å². The molecule has 3 nitrogen and oxygen atoms in total. The standard InChI is InChI=1S/C15H17N3/c1-12-14(13-5-3-2-4-6-13)7-10-18(12)15-11-16-8-9-17-15/h2-6,8-9,11-12,14H,7,10H2,1H3. The summed E-state index contributed by atoms with van der Waals surface area (Å²) in [4.78, 5) is 10.9. The molecule has 3 rings (SSSR count). The quantitative estimate of drug-likeness (QED) is 0.807. The lowest BCUT2D eigenvalue weighted by Gasteiger charge is -2.25. The molecule has 1 fully saturated rings. The highest BCUT2D eigenvalue weighted by Crippen LogP contribution is 2.35. The number of rotatable bonds is 2. The summed E-state index contributed by atoms with van der Waals surface area (Å²) in [5.41, 5.74) is 1.43. The van der Waals surface area contributed by atoms with E-state index in [1.807, 2.05) is 6.20 Å². The van der Waals surface area contributed by atoms with Gasteiger partial charge in [-0.15, -0.1) is 0 Å². The highest BCUT2D eigenvalue weighted by molar-refractivity contribution is 5.41. The lowest BCUT2D eigenvalue weighted by atomic mass is 9.93. The normalized spacial score (nSPS) is 23.3. The van der Waals surface area contributed by atoms with Crippen LogP contribution in [-0.2, 0) is 0 Å². The van der Waals surface area contributed by atoms with Gasteiger partial charge in [0.2, 0.25) is 0 Å². The zero-order chi connectivity index (χ0) is 12.4. The molecule has 2 unspecified atom stereocenters. The van der Waals surface area contributed by atoms with Gasteiger partial charge >= 0.3 is 0 Å². The molecule has 1 saturated heterocycles. The summed E-state index contributed by atoms with van der Waals surface area (Å²) in [6, 6.07) is 11.2. The van der Waals surface area contributed by atoms with Crippen molar-refractivity contribution in [3.8, 4) is 0 Å². The molecule has 0 aliphatic carbocycles. The van der Waals surface area contributed by atoms with Gasteiger partial charge in [0.1, 0.15) is 5.82 Å². The summed E-state index contributed by atoms with van der Waals surface area (Å²) < 4.78 is 0. The van der Waals surface area contributed by atoms with Crippen LogP contribution < -0.4 is 4.90 Å². The van der Waals surface area contributed by atoms with Crippen LogP contribution in [0.5, 0.6) is 0 Å². The Morgan fingerprint density at radius 3 is 2.72 bits per heavy atom. The van der Waals surface area contributed by atoms with Crippen LogP contribution in [0.25, 0.3) is 0 Å². The third-order valence-corrected chi connectivity index (χ3v) is 3.83. The Labute approximate surface area is 108 Å². The summed E-state index contributed by atoms with van der Waals surface area (Å²) in [5, 5.41) is 0. The van der Waals surface area contributed by atoms with Gasteiger partial charge in [0, 0.05) is 30.9 Å². The maximum absolute atomic E-state index is 4.40. The summed E-state index contributed by atoms with van der Waals surface area (Å²) in [6.07, 6.45) is 6.52. The fraction of sp³-hybridized carbons (Fsp3) is 0.333. The van der Waals surface area contributed by atoms with Crippen LogP contribution in [0.2, 0.25) is 0 Å². The van der Waals surface area contributed by atoms with E-state index >= 15 is 0 Å². The van der Waals surface area contributed by atoms with Crippen molar-refractivity contribution in [2.24, 2.45) is 0 Å². The minimum atomic E-state index is 0.476. The monoisotopic (exact) mass is 239 g/mol. The second-order valence-corrected chi connectivity index (χ2v) is 4.80. The van der Waals surface area contributed by atoms with E-state index in [-0.39, 0.29) is 0 Å². The van der Waals surface area contributed by atoms with Gasteiger partial charge in [0.15, 0.2) is 0 Å². The molecule has 0 bridgehead atoms. The maximum Gasteiger partial charge on any atom is 0.147 e. The van der Waals surface area contributed by atoms with Crippen LogP contribution in [0.1, 0.15) is 24.8 Å². The molecule has 3 heteroatoms. The minimum Gasteiger partial charge on any atom is -0.352 e. The van der Waals surface area contributed by atoms with E-state index in [2.05, 4.69) is 52.1 Å². The Morgan fingerprint density at radius 1 is 1.17 bits per heavy atom. The van der Waals surface area contributed by atoms with Crippen molar-refractivity contribution in [1.29, 1.82) is 0 Å². The number of hydrogen-bond acceptors (Lipinski definition) is 3. The fourth-order valence-corrected chi connectivity index (χ4v) is 2.85. The second-order valence-electron chi connectivity index (χ2n) is 4.80. The Bertz CT molecular complexity index is 450. The molecule has 1 aliphatic heterocycles. The zero-order valence-electron chi connectivity index (χ0n) is 10.5. The molecule has 2 aromatic rings. The van der Waals surface area contributed by atoms with Crippen LogP contribution in [0.4, 0.5) is 5.82 Å². The van der Waals surface area contributed by atoms with Crippen molar-refractivity contribution in [3.05, 3.63) is 54.5 Å². The molecule has 0 amide bonds. The number of hydrogen-bond donors (Lipinski definition) is 0. The third-order valence-electron chi connectivity index (χ3n) is 3.83. The van der Waals surface area contributed by atoms with E-state index in [0.29, 0.717) is 12.0 Å². The minimum absolute atomic E-state index is 0.476. The van der Waals surface area contributed by atoms with Crippen molar-refractivity contribution in [2.45, 2.75) is 25.3 Å². The Morgan fingerprint density at radius 2 is 2.00 bits per heavy atom. The Kier molecular flexibility index (Phi) is 2.97. The predicted molar refractivity (Wildman–Crippen MR) is 72.6 cm³/mol. The number of aromatic nitrogens is 2. The Hall–Kier alpha value is -1.90. The van der Waals surface area contributed by atoms with Gasteiger partial charge in [-0.05, 0) is 18.9 Å². The van der Waals surface area contributed by atoms with Gasteiger partial charge in [-0.2, -0.15) is 0 Å². The molecule has 0 N–H and O–H groups in total. The zero-order valence-corrected chi connectivity index (χ0v) is 10.5. The van der Waals surface area contributed by atoms with Gasteiger partial charge < -0.3 is 4.90 Å². The van der Waals surface area contributed by atoms with Crippen LogP contribution in [0, 0.1) is 0 Å². The number of nitrogens with zero attached hydrogens (tertiary/aromatic N) is 3. The molecule has 0 radical (unpaired) electrons. The molecule has 0 spiro atoms. The number of benzene rings is 1. The topological polar surface area (TPSA) is 29.0 Å². The van der Waals surface area contributed by atoms with E-state index in [1.165, 1.54) is 12.0 Å². The Balaban J connectivity index is 1.83. The summed E-state index contributed by atoms with van der Waals surface area (Å²) in [5.74, 6) is 1.58. The fourth-order valence-electron chi connectivity index (χ4n) is 2.85. The molecular weight excluding hydrogens is 222 g/mol. The van der Waals surface area contributed by atoms with Crippen molar-refractivity contribution in [1.82, 2.24) is 9.97 Å². The highest BCUT2D eigenvalue weighted by Gasteiger charge is 2.32. The second kappa shape index (κ2) is 4.77. The van der Waals surface area contributed by atoms with Crippen molar-refractivity contribution in [2.75, 3.05) is 11.4 Å². The molecule has 1 aromatic heterocycles. The smallest absolute Gasteiger partial charge is 0.147 e. The largest absolute Gasteiger partial charge is 0.352 e. The third kappa shape index (κ3) is 1.96. The average Bonchev–Trinajstić information content (AvgIpc) is 2.83. The lowest BCUT2D eigenvalue weighted by Crippen LogP contribution is -2.29. The van der Waals surface area contributed by atoms with E-state index in [1.54, 1.807) is 12.4 Å². The predicted octanol–water partition coefficient (Wildman–Crippen LogP) is 2.86. The molecule has 0 saturated carbocycles. The first-order valence-corrected chi connectivity index (χ1v) is 6.44. The van der Waals surface area contributed by atoms with Crippen molar-refractivity contribution in [3.63, 3.8) is 0 Å². The molecule has 2 heterocycles. The highest BCUT2D eigenvalue weighted by atomic mass is 15.2. The van der Waals surface area contributed by atoms with Gasteiger partial charge in [0.25, 0.3) is 0 Å². The molecular formula is C15H17N3. The van der Waals surface area contributed by atoms with Crippen molar-refractivity contribution < 1.29 is 0 Å². The molecule has 2 atom stereocenters. The molecule has 18 heavy (non-hydrogen) atoms. The van der Waals surface area contributed by atoms with Gasteiger partial charge in [-0.1, -0.05) is 30.3 Å². The first-order chi connectivity index (χ1) is 8.86. The van der Waals surface area contributed by atoms with Crippen LogP contribution in [0.15, 0.2) is 48.9 Å². The van der Waals surface area contributed by atoms with E-state index in [9.17, 15) is 0 Å². The van der Waals surface area contributed by atoms with E-state index < -0.39 is 0 Å². The van der Waals surface area contributed by atoms with Crippen LogP contribution in [-0.4, -0.2) is 22.6 Å². The molecule has 1 aliphatic rings. The summed E-state index contributed by atoms with van der Waals surface area (Å²) in [7, 11) is 0.